The molecule has 5 rings (SSSR count). The van der Waals surface area contributed by atoms with Crippen molar-refractivity contribution in [3.05, 3.63) is 12.2 Å². The summed E-state index contributed by atoms with van der Waals surface area (Å²) in [7, 11) is -10.8. The first-order chi connectivity index (χ1) is 22.2. The Morgan fingerprint density at radius 3 is 2.25 bits per heavy atom. The maximum absolute atomic E-state index is 12.9. The molecule has 5 aliphatic rings. The molecule has 18 heteroatoms. The summed E-state index contributed by atoms with van der Waals surface area (Å²) >= 11 is 0. The molecule has 0 amide bonds. The standard InChI is InChI=1S/C30H46O16S2/c1-14(2)9-22(32)44-25-24(46-48(39,40)41)23(45-47(36,37)38)20(13-31)43-28(25)42-17-10-18(27(34)35)19-7-8-30-11-16(15(3)26(30)33)5-6-21(30)29(19,4)12-17/h14,16-21,23-26,28,31,33H,3,5-13H2,1-2,4H3,(H,34,35)(H,36,37,38)(H,39,40,41)/t16-,17-,18-,19-,20-,21?,23-,24+,25-,26-,28-,29-,30-/m1/s1. The van der Waals surface area contributed by atoms with Gasteiger partial charge in [-0.1, -0.05) is 27.4 Å². The summed E-state index contributed by atoms with van der Waals surface area (Å²) in [5.41, 5.74) is -0.319. The fourth-order valence-electron chi connectivity index (χ4n) is 9.82. The molecule has 16 nitrogen and oxygen atoms in total. The van der Waals surface area contributed by atoms with E-state index in [1.165, 1.54) is 0 Å². The lowest BCUT2D eigenvalue weighted by molar-refractivity contribution is -0.316. The van der Waals surface area contributed by atoms with Crippen LogP contribution in [0.1, 0.15) is 72.1 Å². The summed E-state index contributed by atoms with van der Waals surface area (Å²) in [5.74, 6) is -3.25. The van der Waals surface area contributed by atoms with Crippen molar-refractivity contribution in [3.63, 3.8) is 0 Å². The number of carboxylic acids is 1. The van der Waals surface area contributed by atoms with Crippen molar-refractivity contribution in [2.75, 3.05) is 6.61 Å². The van der Waals surface area contributed by atoms with Crippen LogP contribution in [0.15, 0.2) is 12.2 Å². The smallest absolute Gasteiger partial charge is 0.397 e. The van der Waals surface area contributed by atoms with Gasteiger partial charge in [0.05, 0.1) is 24.7 Å². The van der Waals surface area contributed by atoms with E-state index < -0.39 is 99.0 Å². The number of hydrogen-bond acceptors (Lipinski definition) is 13. The molecule has 13 atom stereocenters. The van der Waals surface area contributed by atoms with Crippen molar-refractivity contribution in [2.45, 2.75) is 115 Å². The van der Waals surface area contributed by atoms with Gasteiger partial charge in [-0.15, -0.1) is 0 Å². The van der Waals surface area contributed by atoms with Gasteiger partial charge in [0, 0.05) is 11.8 Å². The van der Waals surface area contributed by atoms with Crippen LogP contribution in [0.5, 0.6) is 0 Å². The first kappa shape index (κ1) is 37.5. The Kier molecular flexibility index (Phi) is 10.5. The molecular formula is C30H46O16S2. The molecule has 274 valence electrons. The van der Waals surface area contributed by atoms with Gasteiger partial charge in [-0.2, -0.15) is 16.8 Å². The minimum atomic E-state index is -5.42. The van der Waals surface area contributed by atoms with Crippen molar-refractivity contribution in [1.82, 2.24) is 0 Å². The maximum atomic E-state index is 12.9. The number of rotatable bonds is 11. The van der Waals surface area contributed by atoms with Crippen molar-refractivity contribution in [1.29, 1.82) is 0 Å². The second-order valence-electron chi connectivity index (χ2n) is 14.8. The molecule has 5 fully saturated rings. The Labute approximate surface area is 280 Å². The zero-order valence-electron chi connectivity index (χ0n) is 27.0. The van der Waals surface area contributed by atoms with E-state index in [2.05, 4.69) is 10.8 Å². The topological polar surface area (TPSA) is 250 Å². The van der Waals surface area contributed by atoms with Gasteiger partial charge >= 0.3 is 32.7 Å². The molecule has 0 aromatic heterocycles. The number of aliphatic hydroxyl groups is 2. The lowest BCUT2D eigenvalue weighted by atomic mass is 9.43. The maximum Gasteiger partial charge on any atom is 0.397 e. The largest absolute Gasteiger partial charge is 0.481 e. The van der Waals surface area contributed by atoms with Crippen molar-refractivity contribution < 1.29 is 73.4 Å². The first-order valence-electron chi connectivity index (χ1n) is 16.2. The molecule has 5 N–H and O–H groups in total. The zero-order chi connectivity index (χ0) is 35.6. The number of carboxylic acid groups (broad SMARTS) is 1. The van der Waals surface area contributed by atoms with Crippen LogP contribution < -0.4 is 0 Å². The zero-order valence-corrected chi connectivity index (χ0v) is 28.7. The number of esters is 1. The minimum Gasteiger partial charge on any atom is -0.481 e. The highest BCUT2D eigenvalue weighted by Crippen LogP contribution is 2.70. The third-order valence-corrected chi connectivity index (χ3v) is 12.4. The Hall–Kier alpha value is -1.74. The molecule has 4 saturated carbocycles. The highest BCUT2D eigenvalue weighted by atomic mass is 32.3. The summed E-state index contributed by atoms with van der Waals surface area (Å²) in [4.78, 5) is 25.7. The molecule has 1 unspecified atom stereocenters. The van der Waals surface area contributed by atoms with Gasteiger partial charge in [0.1, 0.15) is 12.2 Å². The lowest BCUT2D eigenvalue weighted by Crippen LogP contribution is -2.64. The summed E-state index contributed by atoms with van der Waals surface area (Å²) in [6.45, 7) is 8.52. The molecule has 1 saturated heterocycles. The van der Waals surface area contributed by atoms with E-state index in [-0.39, 0.29) is 42.9 Å². The Balaban J connectivity index is 1.51. The van der Waals surface area contributed by atoms with Crippen LogP contribution in [-0.4, -0.2) is 103 Å². The fourth-order valence-corrected chi connectivity index (χ4v) is 10.8. The Morgan fingerprint density at radius 1 is 1.02 bits per heavy atom. The molecule has 2 bridgehead atoms. The number of aliphatic carboxylic acids is 1. The van der Waals surface area contributed by atoms with Crippen molar-refractivity contribution in [2.24, 2.45) is 40.4 Å². The van der Waals surface area contributed by atoms with E-state index in [0.29, 0.717) is 12.8 Å². The molecule has 4 aliphatic carbocycles. The van der Waals surface area contributed by atoms with Crippen LogP contribution in [0.2, 0.25) is 0 Å². The quantitative estimate of drug-likeness (QED) is 0.0879. The minimum absolute atomic E-state index is 0.0156. The Bertz CT molecular complexity index is 1480. The van der Waals surface area contributed by atoms with Gasteiger partial charge in [-0.3, -0.25) is 18.7 Å². The van der Waals surface area contributed by atoms with Gasteiger partial charge < -0.3 is 29.5 Å². The van der Waals surface area contributed by atoms with Crippen LogP contribution in [-0.2, 0) is 53.0 Å². The molecule has 0 aromatic carbocycles. The van der Waals surface area contributed by atoms with Crippen LogP contribution in [0.25, 0.3) is 0 Å². The monoisotopic (exact) mass is 726 g/mol. The van der Waals surface area contributed by atoms with Crippen molar-refractivity contribution in [3.8, 4) is 0 Å². The van der Waals surface area contributed by atoms with Crippen LogP contribution in [0.3, 0.4) is 0 Å². The Morgan fingerprint density at radius 2 is 1.67 bits per heavy atom. The average molecular weight is 727 g/mol. The van der Waals surface area contributed by atoms with E-state index in [0.717, 1.165) is 24.8 Å². The highest BCUT2D eigenvalue weighted by Gasteiger charge is 2.67. The molecular weight excluding hydrogens is 680 g/mol. The SMILES string of the molecule is C=C1[C@@H]2CCC3[C@@](CC[C@@H]4[C@H](C(=O)O)C[C@@H](O[C@@H]5O[C@H](CO)[C@@H](OS(=O)(=O)O)[C@H](OS(=O)(=O)O)[C@H]5OC(=O)CC(C)C)C[C@@]34C)(C2)[C@@H]1O. The number of aliphatic hydroxyl groups excluding tert-OH is 2. The van der Waals surface area contributed by atoms with E-state index >= 15 is 0 Å². The molecule has 1 aliphatic heterocycles. The lowest BCUT2D eigenvalue weighted by Gasteiger charge is -2.62. The summed E-state index contributed by atoms with van der Waals surface area (Å²) in [6, 6.07) is 0. The number of carbonyl (C=O) groups is 2. The third kappa shape index (κ3) is 7.20. The van der Waals surface area contributed by atoms with Gasteiger partial charge in [0.2, 0.25) is 0 Å². The second kappa shape index (κ2) is 13.4. The molecule has 0 aromatic rings. The molecule has 48 heavy (non-hydrogen) atoms. The van der Waals surface area contributed by atoms with Crippen molar-refractivity contribution >= 4 is 32.7 Å². The first-order valence-corrected chi connectivity index (χ1v) is 18.9. The predicted molar refractivity (Wildman–Crippen MR) is 162 cm³/mol. The summed E-state index contributed by atoms with van der Waals surface area (Å²) in [6.07, 6.45) is -7.93. The highest BCUT2D eigenvalue weighted by molar-refractivity contribution is 7.81. The van der Waals surface area contributed by atoms with Gasteiger partial charge in [0.15, 0.2) is 18.5 Å². The molecule has 1 heterocycles. The van der Waals surface area contributed by atoms with Crippen LogP contribution >= 0.6 is 0 Å². The summed E-state index contributed by atoms with van der Waals surface area (Å²) < 4.78 is 93.5. The summed E-state index contributed by atoms with van der Waals surface area (Å²) in [5, 5.41) is 32.0. The second-order valence-corrected chi connectivity index (χ2v) is 16.9. The van der Waals surface area contributed by atoms with Gasteiger partial charge in [-0.05, 0) is 79.6 Å². The molecule has 0 radical (unpaired) electrons. The van der Waals surface area contributed by atoms with Crippen LogP contribution in [0.4, 0.5) is 0 Å². The number of ether oxygens (including phenoxy) is 3. The van der Waals surface area contributed by atoms with Gasteiger partial charge in [0.25, 0.3) is 0 Å². The fraction of sp³-hybridized carbons (Fsp3) is 0.867. The molecule has 1 spiro atoms. The number of hydrogen-bond donors (Lipinski definition) is 5. The number of carbonyl (C=O) groups excluding carboxylic acids is 1. The van der Waals surface area contributed by atoms with E-state index in [4.69, 9.17) is 18.4 Å². The third-order valence-electron chi connectivity index (χ3n) is 11.5. The van der Waals surface area contributed by atoms with E-state index in [1.807, 2.05) is 6.92 Å². The van der Waals surface area contributed by atoms with Crippen LogP contribution in [0, 0.1) is 40.4 Å². The van der Waals surface area contributed by atoms with E-state index in [1.54, 1.807) is 13.8 Å². The number of fused-ring (bicyclic) bond motifs is 3. The normalized spacial score (nSPS) is 43.0. The van der Waals surface area contributed by atoms with E-state index in [9.17, 15) is 50.8 Å². The van der Waals surface area contributed by atoms with Gasteiger partial charge in [-0.25, -0.2) is 8.37 Å². The predicted octanol–water partition coefficient (Wildman–Crippen LogP) is 1.67. The average Bonchev–Trinajstić information content (AvgIpc) is 3.12.